The number of aliphatic hydroxyl groups excluding tert-OH is 2. The lowest BCUT2D eigenvalue weighted by Gasteiger charge is -2.62. The highest BCUT2D eigenvalue weighted by molar-refractivity contribution is 5.12. The Morgan fingerprint density at radius 2 is 1.26 bits per heavy atom. The van der Waals surface area contributed by atoms with Crippen molar-refractivity contribution in [2.45, 2.75) is 109 Å². The number of hydrogen-bond donors (Lipinski definition) is 2. The van der Waals surface area contributed by atoms with E-state index >= 15 is 0 Å². The van der Waals surface area contributed by atoms with Crippen molar-refractivity contribution in [1.29, 1.82) is 0 Å². The normalized spacial score (nSPS) is 51.9. The quantitative estimate of drug-likeness (QED) is 0.358. The van der Waals surface area contributed by atoms with Crippen molar-refractivity contribution < 1.29 is 53.1 Å². The van der Waals surface area contributed by atoms with Crippen LogP contribution in [0, 0.1) is 34.5 Å². The Morgan fingerprint density at radius 3 is 1.86 bits per heavy atom. The average molecular weight is 621 g/mol. The fourth-order valence-electron chi connectivity index (χ4n) is 11.3. The van der Waals surface area contributed by atoms with Crippen LogP contribution in [0.3, 0.4) is 0 Å². The van der Waals surface area contributed by atoms with Gasteiger partial charge in [-0.05, 0) is 61.2 Å². The van der Waals surface area contributed by atoms with Gasteiger partial charge in [0.15, 0.2) is 0 Å². The Balaban J connectivity index is 0.00000144. The second kappa shape index (κ2) is 9.77. The summed E-state index contributed by atoms with van der Waals surface area (Å²) < 4.78 is 2.26. The van der Waals surface area contributed by atoms with Gasteiger partial charge in [0.25, 0.3) is 0 Å². The van der Waals surface area contributed by atoms with Crippen LogP contribution in [-0.2, 0) is 0 Å². The molecule has 6 aliphatic rings. The zero-order valence-electron chi connectivity index (χ0n) is 22.8. The summed E-state index contributed by atoms with van der Waals surface area (Å²) in [5.41, 5.74) is 0.507. The summed E-state index contributed by atoms with van der Waals surface area (Å²) in [5.74, 6) is 2.99. The first-order valence-corrected chi connectivity index (χ1v) is 14.7. The highest BCUT2D eigenvalue weighted by Crippen LogP contribution is 2.67. The number of likely N-dealkylation sites (N-methyl/N-ethyl adjacent to an activating group) is 2. The number of quaternary nitrogens is 2. The minimum atomic E-state index is -0.118. The third-order valence-electron chi connectivity index (χ3n) is 13.4. The van der Waals surface area contributed by atoms with Crippen molar-refractivity contribution in [2.75, 3.05) is 40.3 Å². The van der Waals surface area contributed by atoms with E-state index in [0.29, 0.717) is 29.3 Å². The van der Waals surface area contributed by atoms with Gasteiger partial charge >= 0.3 is 0 Å². The molecule has 2 aliphatic heterocycles. The van der Waals surface area contributed by atoms with Crippen LogP contribution < -0.4 is 34.0 Å². The van der Waals surface area contributed by atoms with Crippen LogP contribution in [0.15, 0.2) is 0 Å². The van der Waals surface area contributed by atoms with Gasteiger partial charge in [-0.3, -0.25) is 0 Å². The average Bonchev–Trinajstić information content (AvgIpc) is 3.48. The summed E-state index contributed by atoms with van der Waals surface area (Å²) >= 11 is 0. The maximum Gasteiger partial charge on any atom is 0.116 e. The van der Waals surface area contributed by atoms with Crippen LogP contribution in [-0.4, -0.2) is 83.7 Å². The molecule has 2 saturated heterocycles. The Morgan fingerprint density at radius 1 is 0.686 bits per heavy atom. The lowest BCUT2D eigenvalue weighted by molar-refractivity contribution is -0.928. The van der Waals surface area contributed by atoms with Crippen LogP contribution in [0.4, 0.5) is 0 Å². The van der Waals surface area contributed by atoms with Gasteiger partial charge in [0.2, 0.25) is 0 Å². The third kappa shape index (κ3) is 4.17. The van der Waals surface area contributed by atoms with Gasteiger partial charge in [-0.25, -0.2) is 0 Å². The Kier molecular flexibility index (Phi) is 8.04. The molecule has 0 amide bonds. The van der Waals surface area contributed by atoms with Crippen LogP contribution in [0.2, 0.25) is 0 Å². The highest BCUT2D eigenvalue weighted by Gasteiger charge is 2.66. The highest BCUT2D eigenvalue weighted by atomic mass is 79.9. The summed E-state index contributed by atoms with van der Waals surface area (Å²) in [6, 6.07) is 0.901. The molecule has 35 heavy (non-hydrogen) atoms. The fraction of sp³-hybridized carbons (Fsp3) is 1.00. The molecule has 2 heterocycles. The summed E-state index contributed by atoms with van der Waals surface area (Å²) in [4.78, 5) is 0. The maximum absolute atomic E-state index is 11.8. The molecule has 204 valence electrons. The lowest BCUT2D eigenvalue weighted by Crippen LogP contribution is -3.00. The first kappa shape index (κ1) is 28.8. The number of fused-ring (bicyclic) bond motifs is 5. The molecule has 10 atom stereocenters. The van der Waals surface area contributed by atoms with E-state index in [0.717, 1.165) is 27.2 Å². The molecule has 6 rings (SSSR count). The Hall–Kier alpha value is 0.800. The van der Waals surface area contributed by atoms with Gasteiger partial charge in [0, 0.05) is 43.9 Å². The van der Waals surface area contributed by atoms with E-state index in [2.05, 4.69) is 27.9 Å². The van der Waals surface area contributed by atoms with E-state index in [-0.39, 0.29) is 51.6 Å². The number of halogens is 2. The molecule has 4 nitrogen and oxygen atoms in total. The molecule has 0 unspecified atom stereocenters. The first-order chi connectivity index (χ1) is 15.6. The van der Waals surface area contributed by atoms with E-state index in [4.69, 9.17) is 0 Å². The van der Waals surface area contributed by atoms with Crippen molar-refractivity contribution in [2.24, 2.45) is 34.5 Å². The molecule has 6 heteroatoms. The van der Waals surface area contributed by atoms with Crippen LogP contribution in [0.25, 0.3) is 0 Å². The van der Waals surface area contributed by atoms with Crippen LogP contribution >= 0.6 is 0 Å². The van der Waals surface area contributed by atoms with Gasteiger partial charge in [-0.1, -0.05) is 13.8 Å². The van der Waals surface area contributed by atoms with Crippen molar-refractivity contribution in [3.63, 3.8) is 0 Å². The fourth-order valence-corrected chi connectivity index (χ4v) is 11.3. The number of rotatable bonds is 2. The third-order valence-corrected chi connectivity index (χ3v) is 13.4. The number of aliphatic hydroxyl groups is 2. The summed E-state index contributed by atoms with van der Waals surface area (Å²) in [7, 11) is 4.89. The largest absolute Gasteiger partial charge is 1.00 e. The smallest absolute Gasteiger partial charge is 0.116 e. The van der Waals surface area contributed by atoms with Gasteiger partial charge in [-0.15, -0.1) is 0 Å². The van der Waals surface area contributed by atoms with Gasteiger partial charge in [-0.2, -0.15) is 0 Å². The van der Waals surface area contributed by atoms with Crippen LogP contribution in [0.5, 0.6) is 0 Å². The molecular formula is C29H52Br2N2O2. The zero-order chi connectivity index (χ0) is 23.2. The minimum absolute atomic E-state index is 0. The minimum Gasteiger partial charge on any atom is -1.00 e. The van der Waals surface area contributed by atoms with E-state index in [1.807, 2.05) is 0 Å². The predicted octanol–water partition coefficient (Wildman–Crippen LogP) is -1.80. The summed E-state index contributed by atoms with van der Waals surface area (Å²) in [6.07, 6.45) is 13.9. The lowest BCUT2D eigenvalue weighted by atomic mass is 9.44. The summed E-state index contributed by atoms with van der Waals surface area (Å²) in [5, 5.41) is 23.1. The van der Waals surface area contributed by atoms with E-state index < -0.39 is 0 Å². The molecule has 0 spiro atoms. The second-order valence-electron chi connectivity index (χ2n) is 14.8. The second-order valence-corrected chi connectivity index (χ2v) is 14.8. The zero-order valence-corrected chi connectivity index (χ0v) is 25.9. The molecule has 0 aromatic heterocycles. The molecule has 6 fully saturated rings. The SMILES string of the molecule is C[C@]12C[C@H]([N+]3(C)CCCC3)[C@@H](O)C[C@@H]1CC[C@@H]1[C@@H]2CC[C@]2(C)[C@@H](O)[C@@H]([N+]3(C)CCCC3)C[C@@H]12.[Br-].[Br-]. The van der Waals surface area contributed by atoms with Crippen molar-refractivity contribution in [3.8, 4) is 0 Å². The molecule has 0 bridgehead atoms. The maximum atomic E-state index is 11.8. The van der Waals surface area contributed by atoms with Gasteiger partial charge in [0.05, 0.1) is 40.3 Å². The first-order valence-electron chi connectivity index (χ1n) is 14.7. The Bertz CT molecular complexity index is 770. The predicted molar refractivity (Wildman–Crippen MR) is 132 cm³/mol. The number of hydrogen-bond acceptors (Lipinski definition) is 2. The van der Waals surface area contributed by atoms with Crippen LogP contribution in [0.1, 0.15) is 84.5 Å². The molecule has 0 aromatic carbocycles. The molecule has 2 N–H and O–H groups in total. The van der Waals surface area contributed by atoms with E-state index in [1.54, 1.807) is 0 Å². The van der Waals surface area contributed by atoms with Crippen molar-refractivity contribution in [1.82, 2.24) is 0 Å². The molecule has 4 saturated carbocycles. The standard InChI is InChI=1S/C29H52N2O2.2BrH/c1-28-12-11-22-21(23(28)18-24(27(28)33)30(3)13-5-6-14-30)10-9-20-17-26(32)25(19-29(20,22)2)31(4)15-7-8-16-31;;/h20-27,32-33H,5-19H2,1-4H3;2*1H/q+2;;/p-2/t20-,21+,22-,23-,24-,25-,26-,27-,28-,29-;;/m0../s1. The van der Waals surface area contributed by atoms with Crippen molar-refractivity contribution in [3.05, 3.63) is 0 Å². The van der Waals surface area contributed by atoms with Gasteiger partial charge < -0.3 is 53.1 Å². The van der Waals surface area contributed by atoms with E-state index in [1.165, 1.54) is 90.4 Å². The molecular weight excluding hydrogens is 568 g/mol. The summed E-state index contributed by atoms with van der Waals surface area (Å²) in [6.45, 7) is 10.2. The number of nitrogens with zero attached hydrogens (tertiary/aromatic N) is 2. The monoisotopic (exact) mass is 618 g/mol. The van der Waals surface area contributed by atoms with Gasteiger partial charge in [0.1, 0.15) is 24.3 Å². The molecule has 0 aromatic rings. The number of likely N-dealkylation sites (tertiary alicyclic amines) is 2. The molecule has 4 aliphatic carbocycles. The Labute approximate surface area is 235 Å². The topological polar surface area (TPSA) is 40.5 Å². The van der Waals surface area contributed by atoms with E-state index in [9.17, 15) is 10.2 Å². The van der Waals surface area contributed by atoms with Crippen molar-refractivity contribution >= 4 is 0 Å². The molecule has 0 radical (unpaired) electrons.